The Kier molecular flexibility index (Phi) is 4.61. The van der Waals surface area contributed by atoms with Crippen LogP contribution in [0.3, 0.4) is 0 Å². The zero-order valence-electron chi connectivity index (χ0n) is 11.9. The minimum Gasteiger partial charge on any atom is -0.507 e. The van der Waals surface area contributed by atoms with Crippen molar-refractivity contribution in [3.05, 3.63) is 53.1 Å². The van der Waals surface area contributed by atoms with Crippen LogP contribution in [0.1, 0.15) is 21.5 Å². The van der Waals surface area contributed by atoms with Gasteiger partial charge in [-0.3, -0.25) is 4.79 Å². The molecule has 0 fully saturated rings. The summed E-state index contributed by atoms with van der Waals surface area (Å²) >= 11 is 0. The van der Waals surface area contributed by atoms with Gasteiger partial charge in [0.05, 0.1) is 19.8 Å². The van der Waals surface area contributed by atoms with Gasteiger partial charge >= 0.3 is 0 Å². The molecule has 2 aromatic rings. The van der Waals surface area contributed by atoms with Crippen molar-refractivity contribution in [2.24, 2.45) is 0 Å². The van der Waals surface area contributed by atoms with Gasteiger partial charge in [0, 0.05) is 6.07 Å². The number of hydrogen-bond acceptors (Lipinski definition) is 4. The standard InChI is InChI=1S/C17H16O4/c1-20-14-7-4-12(5-8-14)3-6-13-9-15(21-2)10-17(19)16(13)11-18/h3-11,19H,1-2H3/b6-3+. The van der Waals surface area contributed by atoms with Crippen LogP contribution in [0.15, 0.2) is 36.4 Å². The summed E-state index contributed by atoms with van der Waals surface area (Å²) in [5.41, 5.74) is 1.79. The number of phenols is 1. The lowest BCUT2D eigenvalue weighted by atomic mass is 10.0. The molecule has 0 saturated carbocycles. The van der Waals surface area contributed by atoms with Crippen LogP contribution in [-0.2, 0) is 0 Å². The Morgan fingerprint density at radius 3 is 2.19 bits per heavy atom. The highest BCUT2D eigenvalue weighted by Gasteiger charge is 2.08. The van der Waals surface area contributed by atoms with Crippen molar-refractivity contribution >= 4 is 18.4 Å². The van der Waals surface area contributed by atoms with Gasteiger partial charge < -0.3 is 14.6 Å². The molecule has 0 spiro atoms. The second-order valence-corrected chi connectivity index (χ2v) is 4.37. The molecule has 0 saturated heterocycles. The number of methoxy groups -OCH3 is 2. The molecule has 0 aliphatic carbocycles. The fourth-order valence-electron chi connectivity index (χ4n) is 1.92. The van der Waals surface area contributed by atoms with Gasteiger partial charge in [-0.25, -0.2) is 0 Å². The highest BCUT2D eigenvalue weighted by Crippen LogP contribution is 2.28. The molecular formula is C17H16O4. The van der Waals surface area contributed by atoms with Crippen molar-refractivity contribution in [2.75, 3.05) is 14.2 Å². The molecule has 0 aliphatic heterocycles. The number of carbonyl (C=O) groups is 1. The number of aromatic hydroxyl groups is 1. The number of phenolic OH excluding ortho intramolecular Hbond substituents is 1. The van der Waals surface area contributed by atoms with E-state index in [1.807, 2.05) is 30.3 Å². The molecule has 0 heterocycles. The molecule has 21 heavy (non-hydrogen) atoms. The van der Waals surface area contributed by atoms with Gasteiger partial charge in [0.15, 0.2) is 6.29 Å². The van der Waals surface area contributed by atoms with Crippen molar-refractivity contribution in [3.8, 4) is 17.2 Å². The smallest absolute Gasteiger partial charge is 0.154 e. The number of aldehydes is 1. The summed E-state index contributed by atoms with van der Waals surface area (Å²) in [7, 11) is 3.12. The van der Waals surface area contributed by atoms with E-state index in [2.05, 4.69) is 0 Å². The molecule has 4 nitrogen and oxygen atoms in total. The van der Waals surface area contributed by atoms with Crippen LogP contribution < -0.4 is 9.47 Å². The van der Waals surface area contributed by atoms with Crippen LogP contribution in [0.5, 0.6) is 17.2 Å². The van der Waals surface area contributed by atoms with Crippen molar-refractivity contribution in [1.82, 2.24) is 0 Å². The van der Waals surface area contributed by atoms with E-state index in [0.717, 1.165) is 11.3 Å². The number of ether oxygens (including phenoxy) is 2. The predicted octanol–water partition coefficient (Wildman–Crippen LogP) is 3.39. The monoisotopic (exact) mass is 284 g/mol. The molecule has 0 radical (unpaired) electrons. The maximum absolute atomic E-state index is 11.1. The first kappa shape index (κ1) is 14.7. The van der Waals surface area contributed by atoms with Crippen molar-refractivity contribution in [1.29, 1.82) is 0 Å². The average molecular weight is 284 g/mol. The summed E-state index contributed by atoms with van der Waals surface area (Å²) in [5.74, 6) is 1.17. The van der Waals surface area contributed by atoms with Crippen LogP contribution in [-0.4, -0.2) is 25.6 Å². The molecule has 0 aliphatic rings. The maximum Gasteiger partial charge on any atom is 0.154 e. The van der Waals surface area contributed by atoms with E-state index in [9.17, 15) is 9.90 Å². The fourth-order valence-corrected chi connectivity index (χ4v) is 1.92. The molecule has 0 bridgehead atoms. The Bertz CT molecular complexity index is 657. The Morgan fingerprint density at radius 1 is 0.952 bits per heavy atom. The van der Waals surface area contributed by atoms with Crippen LogP contribution in [0.4, 0.5) is 0 Å². The Balaban J connectivity index is 2.34. The third-order valence-corrected chi connectivity index (χ3v) is 3.09. The molecule has 4 heteroatoms. The quantitative estimate of drug-likeness (QED) is 0.675. The minimum absolute atomic E-state index is 0.0984. The summed E-state index contributed by atoms with van der Waals surface area (Å²) in [6.45, 7) is 0. The Morgan fingerprint density at radius 2 is 1.62 bits per heavy atom. The lowest BCUT2D eigenvalue weighted by Crippen LogP contribution is -1.91. The van der Waals surface area contributed by atoms with Gasteiger partial charge in [-0.15, -0.1) is 0 Å². The highest BCUT2D eigenvalue weighted by atomic mass is 16.5. The normalized spacial score (nSPS) is 10.6. The SMILES string of the molecule is COc1ccc(/C=C/c2cc(OC)cc(O)c2C=O)cc1. The zero-order chi connectivity index (χ0) is 15.2. The zero-order valence-corrected chi connectivity index (χ0v) is 11.9. The minimum atomic E-state index is -0.0984. The molecule has 0 aromatic heterocycles. The lowest BCUT2D eigenvalue weighted by molar-refractivity contribution is 0.112. The number of rotatable bonds is 5. The van der Waals surface area contributed by atoms with Gasteiger partial charge in [0.1, 0.15) is 17.2 Å². The van der Waals surface area contributed by atoms with E-state index in [4.69, 9.17) is 9.47 Å². The summed E-state index contributed by atoms with van der Waals surface area (Å²) < 4.78 is 10.2. The molecule has 1 N–H and O–H groups in total. The largest absolute Gasteiger partial charge is 0.507 e. The van der Waals surface area contributed by atoms with Crippen molar-refractivity contribution in [2.45, 2.75) is 0 Å². The highest BCUT2D eigenvalue weighted by molar-refractivity contribution is 5.88. The van der Waals surface area contributed by atoms with Crippen LogP contribution >= 0.6 is 0 Å². The molecule has 2 rings (SSSR count). The van der Waals surface area contributed by atoms with Gasteiger partial charge in [-0.05, 0) is 29.3 Å². The summed E-state index contributed by atoms with van der Waals surface area (Å²) in [6, 6.07) is 10.6. The second kappa shape index (κ2) is 6.61. The molecule has 2 aromatic carbocycles. The second-order valence-electron chi connectivity index (χ2n) is 4.37. The third-order valence-electron chi connectivity index (χ3n) is 3.09. The van der Waals surface area contributed by atoms with E-state index in [0.29, 0.717) is 17.6 Å². The molecule has 0 unspecified atom stereocenters. The van der Waals surface area contributed by atoms with Crippen molar-refractivity contribution < 1.29 is 19.4 Å². The molecular weight excluding hydrogens is 268 g/mol. The van der Waals surface area contributed by atoms with Crippen LogP contribution in [0.2, 0.25) is 0 Å². The fraction of sp³-hybridized carbons (Fsp3) is 0.118. The number of benzene rings is 2. The summed E-state index contributed by atoms with van der Waals surface area (Å²) in [6.07, 6.45) is 4.23. The lowest BCUT2D eigenvalue weighted by Gasteiger charge is -2.06. The number of carbonyl (C=O) groups excluding carboxylic acids is 1. The average Bonchev–Trinajstić information content (AvgIpc) is 2.52. The summed E-state index contributed by atoms with van der Waals surface area (Å²) in [4.78, 5) is 11.1. The van der Waals surface area contributed by atoms with Crippen LogP contribution in [0.25, 0.3) is 12.2 Å². The van der Waals surface area contributed by atoms with Crippen LogP contribution in [0, 0.1) is 0 Å². The predicted molar refractivity (Wildman–Crippen MR) is 82.0 cm³/mol. The third kappa shape index (κ3) is 3.42. The van der Waals surface area contributed by atoms with Crippen molar-refractivity contribution in [3.63, 3.8) is 0 Å². The molecule has 108 valence electrons. The summed E-state index contributed by atoms with van der Waals surface area (Å²) in [5, 5.41) is 9.81. The maximum atomic E-state index is 11.1. The van der Waals surface area contributed by atoms with Gasteiger partial charge in [-0.2, -0.15) is 0 Å². The van der Waals surface area contributed by atoms with E-state index >= 15 is 0 Å². The van der Waals surface area contributed by atoms with E-state index in [1.165, 1.54) is 13.2 Å². The topological polar surface area (TPSA) is 55.8 Å². The van der Waals surface area contributed by atoms with Gasteiger partial charge in [-0.1, -0.05) is 24.3 Å². The van der Waals surface area contributed by atoms with Gasteiger partial charge in [0.25, 0.3) is 0 Å². The Hall–Kier alpha value is -2.75. The number of hydrogen-bond donors (Lipinski definition) is 1. The Labute approximate surface area is 123 Å². The van der Waals surface area contributed by atoms with E-state index in [-0.39, 0.29) is 11.3 Å². The van der Waals surface area contributed by atoms with Gasteiger partial charge in [0.2, 0.25) is 0 Å². The van der Waals surface area contributed by atoms with E-state index < -0.39 is 0 Å². The molecule has 0 amide bonds. The first-order valence-electron chi connectivity index (χ1n) is 6.36. The first-order valence-corrected chi connectivity index (χ1v) is 6.36. The van der Waals surface area contributed by atoms with E-state index in [1.54, 1.807) is 19.3 Å². The molecule has 0 atom stereocenters. The first-order chi connectivity index (χ1) is 10.2.